The Kier molecular flexibility index (Phi) is 5.41. The maximum absolute atomic E-state index is 12.8. The maximum atomic E-state index is 12.8. The zero-order chi connectivity index (χ0) is 20.5. The molecule has 1 aromatic heterocycles. The van der Waals surface area contributed by atoms with Gasteiger partial charge in [-0.1, -0.05) is 30.3 Å². The normalized spacial score (nSPS) is 18.3. The molecule has 1 aliphatic heterocycles. The first-order chi connectivity index (χ1) is 13.9. The Morgan fingerprint density at radius 3 is 2.76 bits per heavy atom. The minimum atomic E-state index is -0.00129. The van der Waals surface area contributed by atoms with Gasteiger partial charge in [0.1, 0.15) is 5.82 Å². The number of carbonyl (C=O) groups excluding carboxylic acids is 1. The van der Waals surface area contributed by atoms with E-state index in [1.165, 1.54) is 11.1 Å². The van der Waals surface area contributed by atoms with Gasteiger partial charge in [-0.15, -0.1) is 0 Å². The average molecular weight is 391 g/mol. The third-order valence-corrected chi connectivity index (χ3v) is 6.24. The van der Waals surface area contributed by atoms with Gasteiger partial charge < -0.3 is 9.88 Å². The number of para-hydroxylation sites is 2. The molecule has 3 aromatic rings. The molecule has 0 saturated carbocycles. The molecule has 5 nitrogen and oxygen atoms in total. The number of fused-ring (bicyclic) bond motifs is 1. The first kappa shape index (κ1) is 19.6. The average Bonchev–Trinajstić information content (AvgIpc) is 3.28. The number of likely N-dealkylation sites (tertiary alicyclic amines) is 1. The number of amides is 1. The Bertz CT molecular complexity index is 1040. The van der Waals surface area contributed by atoms with E-state index in [9.17, 15) is 4.79 Å². The highest BCUT2D eigenvalue weighted by Gasteiger charge is 2.31. The van der Waals surface area contributed by atoms with Gasteiger partial charge in [0.2, 0.25) is 5.91 Å². The fraction of sp³-hybridized carbons (Fsp3) is 0.417. The molecule has 2 heterocycles. The molecule has 4 rings (SSSR count). The molecular weight excluding hydrogens is 360 g/mol. The van der Waals surface area contributed by atoms with Crippen molar-refractivity contribution in [1.29, 1.82) is 0 Å². The smallest absolute Gasteiger partial charge is 0.234 e. The van der Waals surface area contributed by atoms with Crippen LogP contribution >= 0.6 is 0 Å². The van der Waals surface area contributed by atoms with Crippen LogP contribution in [0.5, 0.6) is 0 Å². The van der Waals surface area contributed by atoms with Crippen LogP contribution in [0.15, 0.2) is 42.5 Å². The van der Waals surface area contributed by atoms with Crippen LogP contribution in [0.4, 0.5) is 0 Å². The lowest BCUT2D eigenvalue weighted by atomic mass is 10.0. The van der Waals surface area contributed by atoms with Crippen molar-refractivity contribution >= 4 is 16.9 Å². The fourth-order valence-electron chi connectivity index (χ4n) is 4.36. The number of imidazole rings is 1. The second kappa shape index (κ2) is 7.99. The summed E-state index contributed by atoms with van der Waals surface area (Å²) in [6.07, 6.45) is 2.13. The number of aromatic nitrogens is 2. The summed E-state index contributed by atoms with van der Waals surface area (Å²) in [5, 5.41) is 3.18. The Hall–Kier alpha value is -2.66. The molecule has 1 amide bonds. The number of hydrogen-bond acceptors (Lipinski definition) is 3. The van der Waals surface area contributed by atoms with Crippen LogP contribution in [-0.2, 0) is 11.8 Å². The molecular formula is C24H30N4O. The summed E-state index contributed by atoms with van der Waals surface area (Å²) in [7, 11) is 2.07. The van der Waals surface area contributed by atoms with Gasteiger partial charge in [-0.3, -0.25) is 9.69 Å². The van der Waals surface area contributed by atoms with Gasteiger partial charge in [0.05, 0.1) is 29.7 Å². The molecule has 5 heteroatoms. The van der Waals surface area contributed by atoms with Crippen LogP contribution in [0, 0.1) is 13.8 Å². The molecule has 2 atom stereocenters. The van der Waals surface area contributed by atoms with E-state index in [2.05, 4.69) is 72.9 Å². The van der Waals surface area contributed by atoms with Crippen molar-refractivity contribution in [2.45, 2.75) is 45.7 Å². The van der Waals surface area contributed by atoms with Gasteiger partial charge in [0.25, 0.3) is 0 Å². The van der Waals surface area contributed by atoms with Crippen molar-refractivity contribution in [3.63, 3.8) is 0 Å². The highest BCUT2D eigenvalue weighted by molar-refractivity contribution is 5.79. The predicted molar refractivity (Wildman–Crippen MR) is 117 cm³/mol. The summed E-state index contributed by atoms with van der Waals surface area (Å²) in [6, 6.07) is 14.8. The first-order valence-corrected chi connectivity index (χ1v) is 10.5. The maximum Gasteiger partial charge on any atom is 0.234 e. The summed E-state index contributed by atoms with van der Waals surface area (Å²) in [6.45, 7) is 7.60. The van der Waals surface area contributed by atoms with Gasteiger partial charge in [-0.2, -0.15) is 0 Å². The van der Waals surface area contributed by atoms with E-state index in [4.69, 9.17) is 4.98 Å². The van der Waals surface area contributed by atoms with Crippen molar-refractivity contribution in [2.24, 2.45) is 7.05 Å². The Morgan fingerprint density at radius 2 is 2.00 bits per heavy atom. The number of nitrogens with zero attached hydrogens (tertiary/aromatic N) is 3. The molecule has 2 aromatic carbocycles. The topological polar surface area (TPSA) is 50.2 Å². The number of nitrogens with one attached hydrogen (secondary N) is 1. The molecule has 29 heavy (non-hydrogen) atoms. The van der Waals surface area contributed by atoms with Crippen molar-refractivity contribution in [2.75, 3.05) is 13.1 Å². The third kappa shape index (κ3) is 3.92. The first-order valence-electron chi connectivity index (χ1n) is 10.5. The number of hydrogen-bond donors (Lipinski definition) is 1. The van der Waals surface area contributed by atoms with Crippen molar-refractivity contribution in [3.8, 4) is 0 Å². The summed E-state index contributed by atoms with van der Waals surface area (Å²) in [5.41, 5.74) is 5.83. The number of benzene rings is 2. The van der Waals surface area contributed by atoms with Crippen molar-refractivity contribution in [3.05, 3.63) is 65.0 Å². The zero-order valence-corrected chi connectivity index (χ0v) is 17.8. The summed E-state index contributed by atoms with van der Waals surface area (Å²) in [5.74, 6) is 1.13. The van der Waals surface area contributed by atoms with Crippen LogP contribution in [0.25, 0.3) is 11.0 Å². The number of aryl methyl sites for hydroxylation is 3. The quantitative estimate of drug-likeness (QED) is 0.710. The third-order valence-electron chi connectivity index (χ3n) is 6.24. The Morgan fingerprint density at radius 1 is 1.21 bits per heavy atom. The van der Waals surface area contributed by atoms with Crippen molar-refractivity contribution < 1.29 is 4.79 Å². The van der Waals surface area contributed by atoms with Crippen LogP contribution in [-0.4, -0.2) is 33.4 Å². The summed E-state index contributed by atoms with van der Waals surface area (Å²) >= 11 is 0. The van der Waals surface area contributed by atoms with Crippen molar-refractivity contribution in [1.82, 2.24) is 19.8 Å². The minimum Gasteiger partial charge on any atom is -0.348 e. The van der Waals surface area contributed by atoms with Gasteiger partial charge in [0, 0.05) is 7.05 Å². The summed E-state index contributed by atoms with van der Waals surface area (Å²) < 4.78 is 2.17. The lowest BCUT2D eigenvalue weighted by Gasteiger charge is -2.24. The van der Waals surface area contributed by atoms with E-state index in [-0.39, 0.29) is 18.0 Å². The largest absolute Gasteiger partial charge is 0.348 e. The summed E-state index contributed by atoms with van der Waals surface area (Å²) in [4.78, 5) is 19.9. The molecule has 1 aliphatic rings. The molecule has 152 valence electrons. The Labute approximate surface area is 172 Å². The molecule has 1 fully saturated rings. The van der Waals surface area contributed by atoms with Crippen LogP contribution < -0.4 is 5.32 Å². The van der Waals surface area contributed by atoms with E-state index in [0.29, 0.717) is 6.54 Å². The molecule has 1 saturated heterocycles. The van der Waals surface area contributed by atoms with Crippen LogP contribution in [0.2, 0.25) is 0 Å². The zero-order valence-electron chi connectivity index (χ0n) is 17.8. The standard InChI is InChI=1S/C24H30N4O/c1-16-11-12-19(14-17(16)2)18(3)25-23(29)15-28-13-7-10-22(28)24-26-20-8-5-6-9-21(20)27(24)4/h5-6,8-9,11-12,14,18,22H,7,10,13,15H2,1-4H3,(H,25,29)/t18-,22-/m1/s1. The van der Waals surface area contributed by atoms with E-state index < -0.39 is 0 Å². The van der Waals surface area contributed by atoms with E-state index in [1.807, 2.05) is 12.1 Å². The van der Waals surface area contributed by atoms with E-state index in [1.54, 1.807) is 0 Å². The van der Waals surface area contributed by atoms with Crippen LogP contribution in [0.1, 0.15) is 54.4 Å². The van der Waals surface area contributed by atoms with Gasteiger partial charge in [-0.25, -0.2) is 4.98 Å². The molecule has 0 radical (unpaired) electrons. The second-order valence-corrected chi connectivity index (χ2v) is 8.28. The van der Waals surface area contributed by atoms with E-state index in [0.717, 1.165) is 41.8 Å². The van der Waals surface area contributed by atoms with Crippen LogP contribution in [0.3, 0.4) is 0 Å². The van der Waals surface area contributed by atoms with Gasteiger partial charge in [0.15, 0.2) is 0 Å². The second-order valence-electron chi connectivity index (χ2n) is 8.28. The minimum absolute atomic E-state index is 0.00129. The molecule has 0 unspecified atom stereocenters. The monoisotopic (exact) mass is 390 g/mol. The highest BCUT2D eigenvalue weighted by atomic mass is 16.2. The SMILES string of the molecule is Cc1ccc([C@@H](C)NC(=O)CN2CCC[C@@H]2c2nc3ccccc3n2C)cc1C. The molecule has 1 N–H and O–H groups in total. The highest BCUT2D eigenvalue weighted by Crippen LogP contribution is 2.32. The lowest BCUT2D eigenvalue weighted by Crippen LogP contribution is -2.38. The molecule has 0 bridgehead atoms. The number of rotatable bonds is 5. The van der Waals surface area contributed by atoms with E-state index >= 15 is 0 Å². The fourth-order valence-corrected chi connectivity index (χ4v) is 4.36. The molecule has 0 aliphatic carbocycles. The lowest BCUT2D eigenvalue weighted by molar-refractivity contribution is -0.123. The molecule has 0 spiro atoms. The van der Waals surface area contributed by atoms with Gasteiger partial charge >= 0.3 is 0 Å². The van der Waals surface area contributed by atoms with Gasteiger partial charge in [-0.05, 0) is 69.0 Å². The Balaban J connectivity index is 1.45. The predicted octanol–water partition coefficient (Wildman–Crippen LogP) is 4.20. The number of carbonyl (C=O) groups is 1.